The summed E-state index contributed by atoms with van der Waals surface area (Å²) in [7, 11) is 0. The van der Waals surface area contributed by atoms with Gasteiger partial charge in [-0.2, -0.15) is 0 Å². The minimum absolute atomic E-state index is 0.0663. The molecule has 30 heavy (non-hydrogen) atoms. The van der Waals surface area contributed by atoms with Crippen LogP contribution in [0, 0.1) is 0 Å². The number of esters is 2. The topological polar surface area (TPSA) is 52.6 Å². The predicted octanol–water partition coefficient (Wildman–Crippen LogP) is 7.69. The van der Waals surface area contributed by atoms with E-state index in [1.807, 2.05) is 41.5 Å². The maximum Gasteiger partial charge on any atom is 0.306 e. The molecule has 0 unspecified atom stereocenters. The van der Waals surface area contributed by atoms with Crippen molar-refractivity contribution in [2.75, 3.05) is 0 Å². The summed E-state index contributed by atoms with van der Waals surface area (Å²) in [5.41, 5.74) is -0.668. The zero-order chi connectivity index (χ0) is 22.9. The van der Waals surface area contributed by atoms with Crippen LogP contribution in [0.5, 0.6) is 0 Å². The van der Waals surface area contributed by atoms with Gasteiger partial charge in [0, 0.05) is 12.8 Å². The van der Waals surface area contributed by atoms with Gasteiger partial charge in [-0.1, -0.05) is 51.7 Å². The molecule has 0 aliphatic heterocycles. The molecule has 0 atom stereocenters. The minimum atomic E-state index is -0.334. The third-order valence-corrected chi connectivity index (χ3v) is 5.65. The number of allylic oxidation sites excluding steroid dienone is 2. The second kappa shape index (κ2) is 16.4. The summed E-state index contributed by atoms with van der Waals surface area (Å²) in [6, 6.07) is 0. The van der Waals surface area contributed by atoms with E-state index in [0.717, 1.165) is 51.4 Å². The molecular weight excluding hydrogens is 376 g/mol. The second-order valence-corrected chi connectivity index (χ2v) is 9.55. The van der Waals surface area contributed by atoms with Crippen molar-refractivity contribution in [2.24, 2.45) is 0 Å². The molecule has 0 radical (unpaired) electrons. The Labute approximate surface area is 186 Å². The summed E-state index contributed by atoms with van der Waals surface area (Å²) >= 11 is 0. The summed E-state index contributed by atoms with van der Waals surface area (Å²) < 4.78 is 10.9. The number of carbonyl (C=O) groups excluding carboxylic acids is 2. The Kier molecular flexibility index (Phi) is 15.7. The number of hydrogen-bond donors (Lipinski definition) is 0. The lowest BCUT2D eigenvalue weighted by Gasteiger charge is -2.23. The Morgan fingerprint density at radius 3 is 1.27 bits per heavy atom. The van der Waals surface area contributed by atoms with Crippen molar-refractivity contribution in [2.45, 2.75) is 143 Å². The SMILES string of the molecule is CCC(C)(C)OC(=O)CCCCCC/C=C/CCCCCCC(=O)OC(C)(C)CC. The van der Waals surface area contributed by atoms with E-state index in [9.17, 15) is 9.59 Å². The van der Waals surface area contributed by atoms with Gasteiger partial charge in [0.05, 0.1) is 0 Å². The van der Waals surface area contributed by atoms with Crippen LogP contribution in [0.3, 0.4) is 0 Å². The summed E-state index contributed by atoms with van der Waals surface area (Å²) in [5, 5.41) is 0. The Balaban J connectivity index is 3.46. The fraction of sp³-hybridized carbons (Fsp3) is 0.846. The molecule has 0 saturated heterocycles. The van der Waals surface area contributed by atoms with Gasteiger partial charge in [-0.05, 0) is 79.1 Å². The number of ether oxygens (including phenoxy) is 2. The molecule has 0 saturated carbocycles. The molecule has 0 aliphatic rings. The lowest BCUT2D eigenvalue weighted by Crippen LogP contribution is -2.26. The first kappa shape index (κ1) is 28.7. The Morgan fingerprint density at radius 1 is 0.600 bits per heavy atom. The smallest absolute Gasteiger partial charge is 0.306 e. The molecule has 4 nitrogen and oxygen atoms in total. The van der Waals surface area contributed by atoms with E-state index in [2.05, 4.69) is 12.2 Å². The van der Waals surface area contributed by atoms with Crippen molar-refractivity contribution in [1.29, 1.82) is 0 Å². The second-order valence-electron chi connectivity index (χ2n) is 9.55. The number of rotatable bonds is 18. The summed E-state index contributed by atoms with van der Waals surface area (Å²) in [6.07, 6.45) is 18.3. The van der Waals surface area contributed by atoms with Crippen molar-refractivity contribution >= 4 is 11.9 Å². The first-order valence-corrected chi connectivity index (χ1v) is 12.2. The highest BCUT2D eigenvalue weighted by Gasteiger charge is 2.20. The maximum absolute atomic E-state index is 11.8. The molecule has 0 amide bonds. The van der Waals surface area contributed by atoms with Crippen molar-refractivity contribution < 1.29 is 19.1 Å². The van der Waals surface area contributed by atoms with Gasteiger partial charge in [0.1, 0.15) is 11.2 Å². The highest BCUT2D eigenvalue weighted by atomic mass is 16.6. The maximum atomic E-state index is 11.8. The fourth-order valence-corrected chi connectivity index (χ4v) is 2.87. The molecule has 0 bridgehead atoms. The van der Waals surface area contributed by atoms with E-state index in [0.29, 0.717) is 12.8 Å². The zero-order valence-electron chi connectivity index (χ0n) is 20.7. The lowest BCUT2D eigenvalue weighted by atomic mass is 10.1. The standard InChI is InChI=1S/C26H48O4/c1-7-25(3,4)29-23(27)21-19-17-15-13-11-9-10-12-14-16-18-20-22-24(28)30-26(5,6)8-2/h9-10H,7-8,11-22H2,1-6H3/b10-9+. The Hall–Kier alpha value is -1.32. The van der Waals surface area contributed by atoms with Crippen LogP contribution in [0.25, 0.3) is 0 Å². The average molecular weight is 425 g/mol. The third kappa shape index (κ3) is 17.5. The molecule has 0 aliphatic carbocycles. The molecule has 176 valence electrons. The molecule has 0 heterocycles. The summed E-state index contributed by atoms with van der Waals surface area (Å²) in [4.78, 5) is 23.5. The van der Waals surface area contributed by atoms with Crippen LogP contribution in [0.4, 0.5) is 0 Å². The normalized spacial score (nSPS) is 12.3. The molecule has 0 N–H and O–H groups in total. The molecule has 0 aromatic heterocycles. The van der Waals surface area contributed by atoms with Crippen LogP contribution in [-0.4, -0.2) is 23.1 Å². The summed E-state index contributed by atoms with van der Waals surface area (Å²) in [6.45, 7) is 11.9. The quantitative estimate of drug-likeness (QED) is 0.129. The first-order chi connectivity index (χ1) is 14.1. The monoisotopic (exact) mass is 424 g/mol. The van der Waals surface area contributed by atoms with E-state index < -0.39 is 0 Å². The van der Waals surface area contributed by atoms with Gasteiger partial charge in [0.2, 0.25) is 0 Å². The Bertz CT molecular complexity index is 447. The Morgan fingerprint density at radius 2 is 0.933 bits per heavy atom. The van der Waals surface area contributed by atoms with Gasteiger partial charge in [0.15, 0.2) is 0 Å². The van der Waals surface area contributed by atoms with E-state index in [1.54, 1.807) is 0 Å². The van der Waals surface area contributed by atoms with Crippen molar-refractivity contribution in [3.8, 4) is 0 Å². The zero-order valence-corrected chi connectivity index (χ0v) is 20.7. The molecule has 0 fully saturated rings. The predicted molar refractivity (Wildman–Crippen MR) is 125 cm³/mol. The molecule has 0 spiro atoms. The number of hydrogen-bond acceptors (Lipinski definition) is 4. The van der Waals surface area contributed by atoms with E-state index >= 15 is 0 Å². The van der Waals surface area contributed by atoms with Crippen LogP contribution in [0.2, 0.25) is 0 Å². The van der Waals surface area contributed by atoms with Gasteiger partial charge < -0.3 is 9.47 Å². The van der Waals surface area contributed by atoms with Crippen LogP contribution in [0.1, 0.15) is 131 Å². The molecule has 0 aromatic carbocycles. The van der Waals surface area contributed by atoms with Crippen LogP contribution < -0.4 is 0 Å². The van der Waals surface area contributed by atoms with Crippen LogP contribution in [0.15, 0.2) is 12.2 Å². The van der Waals surface area contributed by atoms with Crippen LogP contribution in [-0.2, 0) is 19.1 Å². The average Bonchev–Trinajstić information content (AvgIpc) is 2.67. The molecule has 0 aromatic rings. The first-order valence-electron chi connectivity index (χ1n) is 12.2. The van der Waals surface area contributed by atoms with E-state index in [-0.39, 0.29) is 23.1 Å². The van der Waals surface area contributed by atoms with Crippen molar-refractivity contribution in [3.63, 3.8) is 0 Å². The van der Waals surface area contributed by atoms with Crippen molar-refractivity contribution in [1.82, 2.24) is 0 Å². The minimum Gasteiger partial charge on any atom is -0.460 e. The van der Waals surface area contributed by atoms with Crippen molar-refractivity contribution in [3.05, 3.63) is 12.2 Å². The van der Waals surface area contributed by atoms with Gasteiger partial charge in [0.25, 0.3) is 0 Å². The molecular formula is C26H48O4. The van der Waals surface area contributed by atoms with Gasteiger partial charge in [-0.25, -0.2) is 0 Å². The largest absolute Gasteiger partial charge is 0.460 e. The van der Waals surface area contributed by atoms with E-state index in [4.69, 9.17) is 9.47 Å². The highest BCUT2D eigenvalue weighted by molar-refractivity contribution is 5.70. The molecule has 0 rings (SSSR count). The number of carbonyl (C=O) groups is 2. The number of unbranched alkanes of at least 4 members (excludes halogenated alkanes) is 8. The van der Waals surface area contributed by atoms with Gasteiger partial charge in [-0.15, -0.1) is 0 Å². The fourth-order valence-electron chi connectivity index (χ4n) is 2.87. The lowest BCUT2D eigenvalue weighted by molar-refractivity contribution is -0.157. The third-order valence-electron chi connectivity index (χ3n) is 5.65. The highest BCUT2D eigenvalue weighted by Crippen LogP contribution is 2.17. The van der Waals surface area contributed by atoms with E-state index in [1.165, 1.54) is 25.7 Å². The summed E-state index contributed by atoms with van der Waals surface area (Å²) in [5.74, 6) is -0.133. The molecule has 4 heteroatoms. The van der Waals surface area contributed by atoms with Gasteiger partial charge in [-0.3, -0.25) is 9.59 Å². The van der Waals surface area contributed by atoms with Gasteiger partial charge >= 0.3 is 11.9 Å². The van der Waals surface area contributed by atoms with Crippen LogP contribution >= 0.6 is 0 Å².